The van der Waals surface area contributed by atoms with Crippen molar-refractivity contribution in [3.63, 3.8) is 0 Å². The van der Waals surface area contributed by atoms with Crippen LogP contribution in [0.2, 0.25) is 0 Å². The zero-order valence-corrected chi connectivity index (χ0v) is 13.5. The maximum atomic E-state index is 12.9. The van der Waals surface area contributed by atoms with Crippen molar-refractivity contribution in [3.8, 4) is 0 Å². The van der Waals surface area contributed by atoms with Crippen molar-refractivity contribution in [1.82, 2.24) is 0 Å². The number of carbonyl (C=O) groups excluding carboxylic acids is 2. The summed E-state index contributed by atoms with van der Waals surface area (Å²) in [7, 11) is 0. The Morgan fingerprint density at radius 1 is 1.00 bits per heavy atom. The Bertz CT molecular complexity index is 756. The number of nitrogens with one attached hydrogen (secondary N) is 2. The molecule has 0 atom stereocenters. The molecule has 0 aliphatic carbocycles. The summed E-state index contributed by atoms with van der Waals surface area (Å²) < 4.78 is 38.6. The van der Waals surface area contributed by atoms with E-state index in [1.807, 2.05) is 0 Å². The van der Waals surface area contributed by atoms with Gasteiger partial charge in [-0.05, 0) is 43.3 Å². The van der Waals surface area contributed by atoms with E-state index in [2.05, 4.69) is 10.6 Å². The van der Waals surface area contributed by atoms with Crippen LogP contribution in [0.1, 0.15) is 29.3 Å². The van der Waals surface area contributed by atoms with Crippen molar-refractivity contribution in [2.45, 2.75) is 19.5 Å². The Balaban J connectivity index is 1.88. The molecule has 0 unspecified atom stereocenters. The average Bonchev–Trinajstić information content (AvgIpc) is 2.55. The van der Waals surface area contributed by atoms with Gasteiger partial charge in [-0.3, -0.25) is 9.59 Å². The predicted octanol–water partition coefficient (Wildman–Crippen LogP) is 4.35. The number of alkyl halides is 3. The molecule has 0 bridgehead atoms. The molecule has 0 aromatic heterocycles. The smallest absolute Gasteiger partial charge is 0.385 e. The topological polar surface area (TPSA) is 58.2 Å². The molecule has 0 spiro atoms. The second-order valence-corrected chi connectivity index (χ2v) is 5.40. The first kappa shape index (κ1) is 18.5. The van der Waals surface area contributed by atoms with Crippen molar-refractivity contribution in [3.05, 3.63) is 59.7 Å². The SMILES string of the molecule is CC(=O)c1ccc(NCCC(=O)Nc2ccccc2C(F)(F)F)cc1. The number of carbonyl (C=O) groups is 2. The van der Waals surface area contributed by atoms with Gasteiger partial charge in [-0.15, -0.1) is 0 Å². The fourth-order valence-electron chi connectivity index (χ4n) is 2.20. The Labute approximate surface area is 143 Å². The normalized spacial score (nSPS) is 11.0. The van der Waals surface area contributed by atoms with E-state index in [9.17, 15) is 22.8 Å². The lowest BCUT2D eigenvalue weighted by molar-refractivity contribution is -0.137. The number of halogens is 3. The Hall–Kier alpha value is -2.83. The minimum absolute atomic E-state index is 0.000646. The molecule has 2 rings (SSSR count). The molecule has 25 heavy (non-hydrogen) atoms. The van der Waals surface area contributed by atoms with Crippen LogP contribution in [0.4, 0.5) is 24.5 Å². The monoisotopic (exact) mass is 350 g/mol. The van der Waals surface area contributed by atoms with Gasteiger partial charge in [-0.25, -0.2) is 0 Å². The third-order valence-electron chi connectivity index (χ3n) is 3.48. The standard InChI is InChI=1S/C18H17F3N2O2/c1-12(24)13-6-8-14(9-7-13)22-11-10-17(25)23-16-5-3-2-4-15(16)18(19,20)21/h2-9,22H,10-11H2,1H3,(H,23,25). The summed E-state index contributed by atoms with van der Waals surface area (Å²) in [5.41, 5.74) is 0.155. The molecule has 2 aromatic rings. The fourth-order valence-corrected chi connectivity index (χ4v) is 2.20. The van der Waals surface area contributed by atoms with Crippen LogP contribution >= 0.6 is 0 Å². The largest absolute Gasteiger partial charge is 0.418 e. The molecule has 0 radical (unpaired) electrons. The Morgan fingerprint density at radius 2 is 1.64 bits per heavy atom. The van der Waals surface area contributed by atoms with Crippen molar-refractivity contribution < 1.29 is 22.8 Å². The summed E-state index contributed by atoms with van der Waals surface area (Å²) in [5, 5.41) is 5.26. The minimum atomic E-state index is -4.53. The van der Waals surface area contributed by atoms with E-state index in [1.165, 1.54) is 25.1 Å². The highest BCUT2D eigenvalue weighted by Gasteiger charge is 2.33. The van der Waals surface area contributed by atoms with Crippen LogP contribution in [0.3, 0.4) is 0 Å². The fraction of sp³-hybridized carbons (Fsp3) is 0.222. The predicted molar refractivity (Wildman–Crippen MR) is 89.6 cm³/mol. The summed E-state index contributed by atoms with van der Waals surface area (Å²) in [5.74, 6) is -0.571. The van der Waals surface area contributed by atoms with Gasteiger partial charge in [0, 0.05) is 24.2 Å². The number of anilines is 2. The van der Waals surface area contributed by atoms with Crippen LogP contribution in [-0.4, -0.2) is 18.2 Å². The average molecular weight is 350 g/mol. The first-order valence-corrected chi connectivity index (χ1v) is 7.58. The Kier molecular flexibility index (Phi) is 5.80. The van der Waals surface area contributed by atoms with Crippen LogP contribution in [0, 0.1) is 0 Å². The molecular weight excluding hydrogens is 333 g/mol. The number of benzene rings is 2. The molecule has 132 valence electrons. The lowest BCUT2D eigenvalue weighted by Gasteiger charge is -2.13. The minimum Gasteiger partial charge on any atom is -0.385 e. The number of para-hydroxylation sites is 1. The first-order chi connectivity index (χ1) is 11.8. The third-order valence-corrected chi connectivity index (χ3v) is 3.48. The molecule has 0 saturated carbocycles. The molecule has 4 nitrogen and oxygen atoms in total. The molecule has 0 aliphatic heterocycles. The van der Waals surface area contributed by atoms with E-state index in [0.717, 1.165) is 6.07 Å². The molecule has 0 fully saturated rings. The number of ketones is 1. The molecule has 0 aliphatic rings. The van der Waals surface area contributed by atoms with E-state index in [-0.39, 0.29) is 24.4 Å². The quantitative estimate of drug-likeness (QED) is 0.762. The highest BCUT2D eigenvalue weighted by Crippen LogP contribution is 2.34. The molecule has 2 aromatic carbocycles. The molecule has 2 N–H and O–H groups in total. The summed E-state index contributed by atoms with van der Waals surface area (Å²) >= 11 is 0. The number of hydrogen-bond acceptors (Lipinski definition) is 3. The lowest BCUT2D eigenvalue weighted by Crippen LogP contribution is -2.19. The van der Waals surface area contributed by atoms with Gasteiger partial charge in [0.15, 0.2) is 5.78 Å². The molecule has 0 heterocycles. The van der Waals surface area contributed by atoms with Gasteiger partial charge in [0.25, 0.3) is 0 Å². The third kappa shape index (κ3) is 5.34. The van der Waals surface area contributed by atoms with Crippen molar-refractivity contribution in [2.75, 3.05) is 17.2 Å². The number of Topliss-reactive ketones (excluding diaryl/α,β-unsaturated/α-hetero) is 1. The van der Waals surface area contributed by atoms with Gasteiger partial charge in [0.1, 0.15) is 0 Å². The second-order valence-electron chi connectivity index (χ2n) is 5.40. The van der Waals surface area contributed by atoms with Crippen LogP contribution in [0.15, 0.2) is 48.5 Å². The summed E-state index contributed by atoms with van der Waals surface area (Å²) in [6.07, 6.45) is -4.53. The Morgan fingerprint density at radius 3 is 2.24 bits per heavy atom. The highest BCUT2D eigenvalue weighted by atomic mass is 19.4. The lowest BCUT2D eigenvalue weighted by atomic mass is 10.1. The second kappa shape index (κ2) is 7.83. The number of amides is 1. The maximum Gasteiger partial charge on any atom is 0.418 e. The van der Waals surface area contributed by atoms with Gasteiger partial charge in [0.2, 0.25) is 5.91 Å². The van der Waals surface area contributed by atoms with Gasteiger partial charge < -0.3 is 10.6 Å². The zero-order valence-electron chi connectivity index (χ0n) is 13.5. The molecule has 0 saturated heterocycles. The van der Waals surface area contributed by atoms with E-state index in [4.69, 9.17) is 0 Å². The molecule has 7 heteroatoms. The van der Waals surface area contributed by atoms with Crippen LogP contribution in [-0.2, 0) is 11.0 Å². The number of rotatable bonds is 6. The van der Waals surface area contributed by atoms with Gasteiger partial charge >= 0.3 is 6.18 Å². The van der Waals surface area contributed by atoms with Gasteiger partial charge in [0.05, 0.1) is 11.3 Å². The van der Waals surface area contributed by atoms with Crippen LogP contribution in [0.25, 0.3) is 0 Å². The molecular formula is C18H17F3N2O2. The van der Waals surface area contributed by atoms with Gasteiger partial charge in [-0.1, -0.05) is 12.1 Å². The maximum absolute atomic E-state index is 12.9. The zero-order chi connectivity index (χ0) is 18.4. The van der Waals surface area contributed by atoms with Crippen LogP contribution in [0.5, 0.6) is 0 Å². The van der Waals surface area contributed by atoms with Crippen molar-refractivity contribution in [1.29, 1.82) is 0 Å². The summed E-state index contributed by atoms with van der Waals surface area (Å²) in [6.45, 7) is 1.71. The number of hydrogen-bond donors (Lipinski definition) is 2. The van der Waals surface area contributed by atoms with Gasteiger partial charge in [-0.2, -0.15) is 13.2 Å². The molecule has 1 amide bonds. The van der Waals surface area contributed by atoms with E-state index < -0.39 is 17.6 Å². The van der Waals surface area contributed by atoms with Crippen molar-refractivity contribution >= 4 is 23.1 Å². The highest BCUT2D eigenvalue weighted by molar-refractivity contribution is 5.94. The van der Waals surface area contributed by atoms with E-state index >= 15 is 0 Å². The summed E-state index contributed by atoms with van der Waals surface area (Å²) in [4.78, 5) is 23.0. The van der Waals surface area contributed by atoms with Crippen LogP contribution < -0.4 is 10.6 Å². The van der Waals surface area contributed by atoms with Crippen molar-refractivity contribution in [2.24, 2.45) is 0 Å². The summed E-state index contributed by atoms with van der Waals surface area (Å²) in [6, 6.07) is 11.6. The first-order valence-electron chi connectivity index (χ1n) is 7.58. The van der Waals surface area contributed by atoms with E-state index in [0.29, 0.717) is 11.3 Å². The van der Waals surface area contributed by atoms with E-state index in [1.54, 1.807) is 24.3 Å².